The van der Waals surface area contributed by atoms with Crippen molar-refractivity contribution >= 4 is 0 Å². The van der Waals surface area contributed by atoms with E-state index in [-0.39, 0.29) is 0 Å². The minimum absolute atomic E-state index is 0.477. The fourth-order valence-electron chi connectivity index (χ4n) is 2.62. The maximum Gasteiger partial charge on any atom is 0.230 e. The third-order valence-electron chi connectivity index (χ3n) is 3.69. The minimum Gasteiger partial charge on any atom is -0.460 e. The lowest BCUT2D eigenvalue weighted by molar-refractivity contribution is -0.0583. The van der Waals surface area contributed by atoms with E-state index in [9.17, 15) is 0 Å². The van der Waals surface area contributed by atoms with Crippen molar-refractivity contribution in [3.05, 3.63) is 66.4 Å². The second-order valence-electron chi connectivity index (χ2n) is 5.05. The first-order valence-electron chi connectivity index (χ1n) is 7.08. The smallest absolute Gasteiger partial charge is 0.230 e. The average Bonchev–Trinajstić information content (AvgIpc) is 2.61. The van der Waals surface area contributed by atoms with E-state index >= 15 is 0 Å². The molecule has 1 unspecified atom stereocenters. The number of benzene rings is 2. The van der Waals surface area contributed by atoms with Gasteiger partial charge in [0.25, 0.3) is 0 Å². The Balaban J connectivity index is 1.91. The van der Waals surface area contributed by atoms with Crippen LogP contribution in [-0.2, 0) is 4.74 Å². The maximum atomic E-state index is 5.85. The van der Waals surface area contributed by atoms with Crippen LogP contribution in [0.2, 0.25) is 0 Å². The van der Waals surface area contributed by atoms with Crippen LogP contribution in [-0.4, -0.2) is 17.1 Å². The first-order chi connectivity index (χ1) is 10.9. The summed E-state index contributed by atoms with van der Waals surface area (Å²) in [6.45, 7) is 0. The molecule has 108 valence electrons. The third kappa shape index (κ3) is 2.05. The Labute approximate surface area is 128 Å². The predicted octanol–water partition coefficient (Wildman–Crippen LogP) is 3.85. The largest absolute Gasteiger partial charge is 0.460 e. The van der Waals surface area contributed by atoms with Crippen LogP contribution in [0, 0.1) is 0 Å². The van der Waals surface area contributed by atoms with Crippen molar-refractivity contribution in [1.82, 2.24) is 9.97 Å². The van der Waals surface area contributed by atoms with E-state index in [0.717, 1.165) is 28.1 Å². The van der Waals surface area contributed by atoms with Crippen molar-refractivity contribution in [2.75, 3.05) is 7.11 Å². The van der Waals surface area contributed by atoms with E-state index in [1.54, 1.807) is 13.3 Å². The molecule has 4 heteroatoms. The highest BCUT2D eigenvalue weighted by atomic mass is 16.7. The third-order valence-corrected chi connectivity index (χ3v) is 3.69. The van der Waals surface area contributed by atoms with Crippen LogP contribution >= 0.6 is 0 Å². The highest BCUT2D eigenvalue weighted by molar-refractivity contribution is 5.73. The van der Waals surface area contributed by atoms with Crippen LogP contribution in [0.15, 0.2) is 60.8 Å². The Morgan fingerprint density at radius 3 is 2.59 bits per heavy atom. The van der Waals surface area contributed by atoms with Gasteiger partial charge < -0.3 is 9.47 Å². The molecule has 4 rings (SSSR count). The van der Waals surface area contributed by atoms with Gasteiger partial charge in [-0.15, -0.1) is 0 Å². The molecule has 1 aliphatic heterocycles. The second-order valence-corrected chi connectivity index (χ2v) is 5.05. The summed E-state index contributed by atoms with van der Waals surface area (Å²) in [5.74, 6) is 1.48. The van der Waals surface area contributed by atoms with Gasteiger partial charge in [-0.2, -0.15) is 0 Å². The van der Waals surface area contributed by atoms with Crippen molar-refractivity contribution in [2.24, 2.45) is 0 Å². The maximum absolute atomic E-state index is 5.85. The molecule has 22 heavy (non-hydrogen) atoms. The zero-order valence-electron chi connectivity index (χ0n) is 12.1. The average molecular weight is 290 g/mol. The van der Waals surface area contributed by atoms with Gasteiger partial charge in [-0.25, -0.2) is 9.97 Å². The summed E-state index contributed by atoms with van der Waals surface area (Å²) in [4.78, 5) is 9.21. The van der Waals surface area contributed by atoms with Gasteiger partial charge in [0.2, 0.25) is 6.29 Å². The molecule has 0 fully saturated rings. The fourth-order valence-corrected chi connectivity index (χ4v) is 2.62. The monoisotopic (exact) mass is 290 g/mol. The van der Waals surface area contributed by atoms with E-state index in [1.807, 2.05) is 54.6 Å². The van der Waals surface area contributed by atoms with Gasteiger partial charge in [-0.3, -0.25) is 0 Å². The summed E-state index contributed by atoms with van der Waals surface area (Å²) in [5, 5.41) is 0. The first kappa shape index (κ1) is 13.0. The lowest BCUT2D eigenvalue weighted by Gasteiger charge is -2.26. The first-order valence-corrected chi connectivity index (χ1v) is 7.08. The second kappa shape index (κ2) is 5.24. The van der Waals surface area contributed by atoms with Crippen molar-refractivity contribution in [3.63, 3.8) is 0 Å². The summed E-state index contributed by atoms with van der Waals surface area (Å²) >= 11 is 0. The van der Waals surface area contributed by atoms with Crippen molar-refractivity contribution in [3.8, 4) is 28.4 Å². The molecule has 0 bridgehead atoms. The number of aromatic nitrogens is 2. The molecule has 0 aliphatic carbocycles. The molecule has 1 atom stereocenters. The molecule has 1 aliphatic rings. The number of rotatable bonds is 2. The van der Waals surface area contributed by atoms with Crippen molar-refractivity contribution in [1.29, 1.82) is 0 Å². The van der Waals surface area contributed by atoms with Gasteiger partial charge in [0, 0.05) is 24.4 Å². The van der Waals surface area contributed by atoms with Crippen LogP contribution in [0.25, 0.3) is 22.6 Å². The van der Waals surface area contributed by atoms with Crippen LogP contribution < -0.4 is 4.74 Å². The lowest BCUT2D eigenvalue weighted by atomic mass is 10.0. The number of methoxy groups -OCH3 is 1. The number of hydrogen-bond acceptors (Lipinski definition) is 4. The Morgan fingerprint density at radius 2 is 1.77 bits per heavy atom. The number of hydrogen-bond donors (Lipinski definition) is 0. The van der Waals surface area contributed by atoms with Gasteiger partial charge in [0.15, 0.2) is 5.82 Å². The van der Waals surface area contributed by atoms with Crippen LogP contribution in [0.5, 0.6) is 5.75 Å². The SMILES string of the molecule is COC1Oc2ccccc2-c2nc(-c3ccccc3)ncc21. The zero-order valence-corrected chi connectivity index (χ0v) is 12.1. The number of ether oxygens (including phenoxy) is 2. The molecule has 0 saturated heterocycles. The van der Waals surface area contributed by atoms with E-state index in [1.165, 1.54) is 0 Å². The van der Waals surface area contributed by atoms with Crippen LogP contribution in [0.3, 0.4) is 0 Å². The molecule has 3 aromatic rings. The highest BCUT2D eigenvalue weighted by Gasteiger charge is 2.27. The Morgan fingerprint density at radius 1 is 1.00 bits per heavy atom. The summed E-state index contributed by atoms with van der Waals surface area (Å²) in [5.41, 5.74) is 3.66. The minimum atomic E-state index is -0.477. The molecule has 0 N–H and O–H groups in total. The van der Waals surface area contributed by atoms with Gasteiger partial charge >= 0.3 is 0 Å². The van der Waals surface area contributed by atoms with E-state index in [4.69, 9.17) is 14.5 Å². The Hall–Kier alpha value is -2.72. The number of nitrogens with zero attached hydrogens (tertiary/aromatic N) is 2. The Kier molecular flexibility index (Phi) is 3.09. The van der Waals surface area contributed by atoms with Gasteiger partial charge in [-0.1, -0.05) is 42.5 Å². The Bertz CT molecular complexity index is 818. The highest BCUT2D eigenvalue weighted by Crippen LogP contribution is 2.41. The molecule has 0 radical (unpaired) electrons. The molecule has 0 saturated carbocycles. The lowest BCUT2D eigenvalue weighted by Crippen LogP contribution is -2.17. The van der Waals surface area contributed by atoms with E-state index in [0.29, 0.717) is 5.82 Å². The van der Waals surface area contributed by atoms with Crippen molar-refractivity contribution in [2.45, 2.75) is 6.29 Å². The number of para-hydroxylation sites is 1. The summed E-state index contributed by atoms with van der Waals surface area (Å²) in [7, 11) is 1.62. The summed E-state index contributed by atoms with van der Waals surface area (Å²) in [6, 6.07) is 17.8. The summed E-state index contributed by atoms with van der Waals surface area (Å²) in [6.07, 6.45) is 1.31. The molecule has 0 amide bonds. The molecular weight excluding hydrogens is 276 g/mol. The summed E-state index contributed by atoms with van der Waals surface area (Å²) < 4.78 is 11.3. The van der Waals surface area contributed by atoms with Gasteiger partial charge in [0.05, 0.1) is 11.3 Å². The quantitative estimate of drug-likeness (QED) is 0.719. The van der Waals surface area contributed by atoms with Crippen molar-refractivity contribution < 1.29 is 9.47 Å². The van der Waals surface area contributed by atoms with E-state index in [2.05, 4.69) is 4.98 Å². The molecule has 2 aromatic carbocycles. The topological polar surface area (TPSA) is 44.2 Å². The van der Waals surface area contributed by atoms with E-state index < -0.39 is 6.29 Å². The zero-order chi connectivity index (χ0) is 14.9. The predicted molar refractivity (Wildman–Crippen MR) is 83.3 cm³/mol. The standard InChI is InChI=1S/C18H14N2O2/c1-21-18-14-11-19-17(12-7-3-2-4-8-12)20-16(14)13-9-5-6-10-15(13)22-18/h2-11,18H,1H3. The molecule has 2 heterocycles. The van der Waals surface area contributed by atoms with Gasteiger partial charge in [0.1, 0.15) is 5.75 Å². The molecular formula is C18H14N2O2. The molecule has 0 spiro atoms. The normalized spacial score (nSPS) is 15.6. The van der Waals surface area contributed by atoms with Crippen LogP contribution in [0.1, 0.15) is 11.9 Å². The fraction of sp³-hybridized carbons (Fsp3) is 0.111. The molecule has 4 nitrogen and oxygen atoms in total. The molecule has 1 aromatic heterocycles. The van der Waals surface area contributed by atoms with Gasteiger partial charge in [-0.05, 0) is 12.1 Å². The van der Waals surface area contributed by atoms with Crippen LogP contribution in [0.4, 0.5) is 0 Å². The number of fused-ring (bicyclic) bond motifs is 3.